The van der Waals surface area contributed by atoms with Crippen LogP contribution in [-0.4, -0.2) is 40.1 Å². The maximum atomic E-state index is 12.2. The van der Waals surface area contributed by atoms with E-state index < -0.39 is 11.4 Å². The molecule has 2 N–H and O–H groups in total. The second-order valence-electron chi connectivity index (χ2n) is 5.63. The number of aliphatic carboxylic acids is 1. The molecule has 6 heteroatoms. The zero-order valence-electron chi connectivity index (χ0n) is 12.4. The van der Waals surface area contributed by atoms with Crippen molar-refractivity contribution in [3.8, 4) is 0 Å². The number of urea groups is 1. The fourth-order valence-electron chi connectivity index (χ4n) is 2.75. The van der Waals surface area contributed by atoms with Crippen molar-refractivity contribution >= 4 is 17.7 Å². The van der Waals surface area contributed by atoms with Crippen LogP contribution in [0.3, 0.4) is 0 Å². The van der Waals surface area contributed by atoms with Crippen LogP contribution in [0, 0.1) is 12.3 Å². The number of pyridine rings is 1. The summed E-state index contributed by atoms with van der Waals surface area (Å²) in [5.74, 6) is -0.809. The summed E-state index contributed by atoms with van der Waals surface area (Å²) in [5.41, 5.74) is 0.702. The van der Waals surface area contributed by atoms with E-state index in [1.165, 1.54) is 0 Å². The summed E-state index contributed by atoms with van der Waals surface area (Å²) < 4.78 is 0. The van der Waals surface area contributed by atoms with Crippen molar-refractivity contribution in [1.82, 2.24) is 9.88 Å². The van der Waals surface area contributed by atoms with Gasteiger partial charge in [0.05, 0.1) is 17.3 Å². The molecule has 2 amide bonds. The molecular weight excluding hydrogens is 270 g/mol. The smallest absolute Gasteiger partial charge is 0.321 e. The molecule has 1 saturated heterocycles. The molecule has 2 heterocycles. The molecule has 114 valence electrons. The highest BCUT2D eigenvalue weighted by Crippen LogP contribution is 2.35. The maximum Gasteiger partial charge on any atom is 0.321 e. The summed E-state index contributed by atoms with van der Waals surface area (Å²) in [7, 11) is 0. The lowest BCUT2D eigenvalue weighted by molar-refractivity contribution is -0.148. The Kier molecular flexibility index (Phi) is 4.45. The normalized spacial score (nSPS) is 21.3. The minimum Gasteiger partial charge on any atom is -0.481 e. The van der Waals surface area contributed by atoms with Crippen molar-refractivity contribution in [2.75, 3.05) is 18.4 Å². The van der Waals surface area contributed by atoms with E-state index in [-0.39, 0.29) is 12.6 Å². The van der Waals surface area contributed by atoms with Gasteiger partial charge in [0.2, 0.25) is 0 Å². The minimum absolute atomic E-state index is 0.264. The predicted octanol–water partition coefficient (Wildman–Crippen LogP) is 2.50. The monoisotopic (exact) mass is 291 g/mol. The van der Waals surface area contributed by atoms with Crippen molar-refractivity contribution in [1.29, 1.82) is 0 Å². The SMILES string of the molecule is CCCC1(C(=O)O)CCN(C(=O)Nc2ccc(C)nc2)C1. The van der Waals surface area contributed by atoms with E-state index in [1.54, 1.807) is 17.2 Å². The molecule has 21 heavy (non-hydrogen) atoms. The van der Waals surface area contributed by atoms with E-state index in [0.717, 1.165) is 12.1 Å². The van der Waals surface area contributed by atoms with Crippen LogP contribution in [0.25, 0.3) is 0 Å². The number of carbonyl (C=O) groups excluding carboxylic acids is 1. The minimum atomic E-state index is -0.809. The molecule has 2 rings (SSSR count). The zero-order valence-corrected chi connectivity index (χ0v) is 12.4. The molecule has 0 radical (unpaired) electrons. The number of amides is 2. The molecule has 0 saturated carbocycles. The third kappa shape index (κ3) is 3.32. The van der Waals surface area contributed by atoms with Crippen LogP contribution >= 0.6 is 0 Å². The number of aromatic nitrogens is 1. The molecule has 0 bridgehead atoms. The van der Waals surface area contributed by atoms with Gasteiger partial charge in [-0.3, -0.25) is 9.78 Å². The van der Waals surface area contributed by atoms with Crippen LogP contribution in [0.15, 0.2) is 18.3 Å². The van der Waals surface area contributed by atoms with Crippen LogP contribution in [0.5, 0.6) is 0 Å². The van der Waals surface area contributed by atoms with Gasteiger partial charge >= 0.3 is 12.0 Å². The third-order valence-electron chi connectivity index (χ3n) is 3.99. The van der Waals surface area contributed by atoms with Crippen molar-refractivity contribution in [3.63, 3.8) is 0 Å². The van der Waals surface area contributed by atoms with Gasteiger partial charge in [0.25, 0.3) is 0 Å². The molecule has 0 aromatic carbocycles. The molecule has 1 aliphatic rings. The fourth-order valence-corrected chi connectivity index (χ4v) is 2.75. The van der Waals surface area contributed by atoms with Crippen molar-refractivity contribution < 1.29 is 14.7 Å². The molecule has 1 atom stereocenters. The number of carboxylic acids is 1. The van der Waals surface area contributed by atoms with E-state index in [4.69, 9.17) is 0 Å². The standard InChI is InChI=1S/C15H21N3O3/c1-3-6-15(13(19)20)7-8-18(10-15)14(21)17-12-5-4-11(2)16-9-12/h4-5,9H,3,6-8,10H2,1-2H3,(H,17,21)(H,19,20). The van der Waals surface area contributed by atoms with Crippen LogP contribution < -0.4 is 5.32 Å². The van der Waals surface area contributed by atoms with E-state index in [9.17, 15) is 14.7 Å². The molecule has 1 unspecified atom stereocenters. The number of hydrogen-bond acceptors (Lipinski definition) is 3. The molecule has 1 aromatic heterocycles. The highest BCUT2D eigenvalue weighted by atomic mass is 16.4. The first-order valence-electron chi connectivity index (χ1n) is 7.19. The summed E-state index contributed by atoms with van der Waals surface area (Å²) in [4.78, 5) is 29.4. The molecule has 6 nitrogen and oxygen atoms in total. The Labute approximate surface area is 124 Å². The Bertz CT molecular complexity index is 529. The Hall–Kier alpha value is -2.11. The topological polar surface area (TPSA) is 82.5 Å². The van der Waals surface area contributed by atoms with Gasteiger partial charge in [-0.15, -0.1) is 0 Å². The first kappa shape index (κ1) is 15.3. The largest absolute Gasteiger partial charge is 0.481 e. The number of anilines is 1. The Morgan fingerprint density at radius 3 is 2.81 bits per heavy atom. The summed E-state index contributed by atoms with van der Waals surface area (Å²) in [5, 5.41) is 12.2. The van der Waals surface area contributed by atoms with Crippen molar-refractivity contribution in [2.45, 2.75) is 33.1 Å². The average molecular weight is 291 g/mol. The number of likely N-dealkylation sites (tertiary alicyclic amines) is 1. The summed E-state index contributed by atoms with van der Waals surface area (Å²) in [6, 6.07) is 3.34. The summed E-state index contributed by atoms with van der Waals surface area (Å²) >= 11 is 0. The second-order valence-corrected chi connectivity index (χ2v) is 5.63. The summed E-state index contributed by atoms with van der Waals surface area (Å²) in [6.45, 7) is 4.57. The number of hydrogen-bond donors (Lipinski definition) is 2. The Morgan fingerprint density at radius 2 is 2.24 bits per heavy atom. The van der Waals surface area contributed by atoms with Crippen LogP contribution in [-0.2, 0) is 4.79 Å². The third-order valence-corrected chi connectivity index (χ3v) is 3.99. The summed E-state index contributed by atoms with van der Waals surface area (Å²) in [6.07, 6.45) is 3.50. The lowest BCUT2D eigenvalue weighted by atomic mass is 9.83. The van der Waals surface area contributed by atoms with Gasteiger partial charge in [-0.25, -0.2) is 4.79 Å². The van der Waals surface area contributed by atoms with E-state index in [2.05, 4.69) is 10.3 Å². The predicted molar refractivity (Wildman–Crippen MR) is 79.2 cm³/mol. The number of rotatable bonds is 4. The van der Waals surface area contributed by atoms with Gasteiger partial charge in [-0.2, -0.15) is 0 Å². The van der Waals surface area contributed by atoms with Crippen LogP contribution in [0.1, 0.15) is 31.9 Å². The van der Waals surface area contributed by atoms with Crippen LogP contribution in [0.4, 0.5) is 10.5 Å². The fraction of sp³-hybridized carbons (Fsp3) is 0.533. The zero-order chi connectivity index (χ0) is 15.5. The number of nitrogens with zero attached hydrogens (tertiary/aromatic N) is 2. The maximum absolute atomic E-state index is 12.2. The van der Waals surface area contributed by atoms with Crippen molar-refractivity contribution in [2.24, 2.45) is 5.41 Å². The first-order valence-corrected chi connectivity index (χ1v) is 7.19. The van der Waals surface area contributed by atoms with Gasteiger partial charge in [0.1, 0.15) is 0 Å². The average Bonchev–Trinajstić information content (AvgIpc) is 2.88. The number of aryl methyl sites for hydroxylation is 1. The van der Waals surface area contributed by atoms with Gasteiger partial charge in [0, 0.05) is 18.8 Å². The van der Waals surface area contributed by atoms with Gasteiger partial charge in [-0.05, 0) is 31.9 Å². The molecule has 0 aliphatic carbocycles. The molecule has 1 aliphatic heterocycles. The highest BCUT2D eigenvalue weighted by Gasteiger charge is 2.45. The van der Waals surface area contributed by atoms with E-state index in [0.29, 0.717) is 25.1 Å². The van der Waals surface area contributed by atoms with Gasteiger partial charge in [-0.1, -0.05) is 13.3 Å². The number of carbonyl (C=O) groups is 2. The molecular formula is C15H21N3O3. The highest BCUT2D eigenvalue weighted by molar-refractivity contribution is 5.90. The van der Waals surface area contributed by atoms with E-state index >= 15 is 0 Å². The lowest BCUT2D eigenvalue weighted by Crippen LogP contribution is -2.38. The molecule has 0 spiro atoms. The lowest BCUT2D eigenvalue weighted by Gasteiger charge is -2.24. The molecule has 1 aromatic rings. The second kappa shape index (κ2) is 6.11. The molecule has 1 fully saturated rings. The first-order chi connectivity index (χ1) is 9.97. The Balaban J connectivity index is 2.01. The van der Waals surface area contributed by atoms with E-state index in [1.807, 2.05) is 19.9 Å². The quantitative estimate of drug-likeness (QED) is 0.893. The van der Waals surface area contributed by atoms with Crippen molar-refractivity contribution in [3.05, 3.63) is 24.0 Å². The van der Waals surface area contributed by atoms with Crippen LogP contribution in [0.2, 0.25) is 0 Å². The number of carboxylic acid groups (broad SMARTS) is 1. The van der Waals surface area contributed by atoms with Gasteiger partial charge < -0.3 is 15.3 Å². The van der Waals surface area contributed by atoms with Gasteiger partial charge in [0.15, 0.2) is 0 Å². The Morgan fingerprint density at radius 1 is 1.48 bits per heavy atom. The number of nitrogens with one attached hydrogen (secondary N) is 1.